The molecule has 0 saturated carbocycles. The molecule has 1 N–H and O–H groups in total. The summed E-state index contributed by atoms with van der Waals surface area (Å²) in [6.45, 7) is 2.86. The molecule has 7 nitrogen and oxygen atoms in total. The molecular formula is C20H19FN6O. The lowest BCUT2D eigenvalue weighted by molar-refractivity contribution is 0.356. The van der Waals surface area contributed by atoms with E-state index in [1.54, 1.807) is 18.5 Å². The highest BCUT2D eigenvalue weighted by Gasteiger charge is 2.20. The van der Waals surface area contributed by atoms with Gasteiger partial charge in [0.1, 0.15) is 11.6 Å². The number of nitrogens with one attached hydrogen (secondary N) is 1. The number of hydrogen-bond donors (Lipinski definition) is 1. The van der Waals surface area contributed by atoms with Gasteiger partial charge in [-0.2, -0.15) is 5.10 Å². The highest BCUT2D eigenvalue weighted by molar-refractivity contribution is 5.76. The SMILES string of the molecule is Cc1cc(-c2cnc(NCc3c(F)ccc4c3CCO4)n3ccnc23)n(C)n1. The molecule has 142 valence electrons. The molecule has 0 spiro atoms. The lowest BCUT2D eigenvalue weighted by atomic mass is 10.0. The average molecular weight is 378 g/mol. The van der Waals surface area contributed by atoms with E-state index in [0.717, 1.165) is 40.3 Å². The van der Waals surface area contributed by atoms with Crippen LogP contribution in [-0.2, 0) is 20.0 Å². The van der Waals surface area contributed by atoms with Crippen LogP contribution in [0.4, 0.5) is 10.3 Å². The molecule has 0 fully saturated rings. The zero-order chi connectivity index (χ0) is 19.3. The normalized spacial score (nSPS) is 13.0. The summed E-state index contributed by atoms with van der Waals surface area (Å²) in [4.78, 5) is 9.05. The topological polar surface area (TPSA) is 69.3 Å². The van der Waals surface area contributed by atoms with Gasteiger partial charge in [0, 0.05) is 49.7 Å². The first kappa shape index (κ1) is 16.7. The predicted molar refractivity (Wildman–Crippen MR) is 103 cm³/mol. The van der Waals surface area contributed by atoms with E-state index in [4.69, 9.17) is 4.74 Å². The third kappa shape index (κ3) is 2.60. The Morgan fingerprint density at radius 1 is 1.29 bits per heavy atom. The molecule has 28 heavy (non-hydrogen) atoms. The van der Waals surface area contributed by atoms with E-state index in [1.165, 1.54) is 6.07 Å². The van der Waals surface area contributed by atoms with Gasteiger partial charge < -0.3 is 10.1 Å². The molecule has 0 unspecified atom stereocenters. The second-order valence-corrected chi connectivity index (χ2v) is 6.87. The van der Waals surface area contributed by atoms with Crippen molar-refractivity contribution in [2.75, 3.05) is 11.9 Å². The summed E-state index contributed by atoms with van der Waals surface area (Å²) >= 11 is 0. The Morgan fingerprint density at radius 2 is 2.18 bits per heavy atom. The van der Waals surface area contributed by atoms with Gasteiger partial charge in [0.25, 0.3) is 0 Å². The van der Waals surface area contributed by atoms with Crippen molar-refractivity contribution in [3.05, 3.63) is 59.4 Å². The fraction of sp³-hybridized carbons (Fsp3) is 0.250. The molecule has 1 aromatic carbocycles. The van der Waals surface area contributed by atoms with E-state index in [-0.39, 0.29) is 5.82 Å². The summed E-state index contributed by atoms with van der Waals surface area (Å²) in [6, 6.07) is 5.15. The van der Waals surface area contributed by atoms with Crippen molar-refractivity contribution < 1.29 is 9.13 Å². The summed E-state index contributed by atoms with van der Waals surface area (Å²) in [6.07, 6.45) is 6.06. The number of hydrogen-bond acceptors (Lipinski definition) is 5. The Bertz CT molecular complexity index is 1200. The number of ether oxygens (including phenoxy) is 1. The summed E-state index contributed by atoms with van der Waals surface area (Å²) in [5.74, 6) is 1.13. The number of anilines is 1. The van der Waals surface area contributed by atoms with Crippen LogP contribution >= 0.6 is 0 Å². The van der Waals surface area contributed by atoms with Gasteiger partial charge in [-0.25, -0.2) is 14.4 Å². The van der Waals surface area contributed by atoms with Gasteiger partial charge in [0.2, 0.25) is 5.95 Å². The molecule has 0 aliphatic carbocycles. The van der Waals surface area contributed by atoms with Crippen molar-refractivity contribution in [3.63, 3.8) is 0 Å². The van der Waals surface area contributed by atoms with Crippen molar-refractivity contribution in [2.45, 2.75) is 19.9 Å². The smallest absolute Gasteiger partial charge is 0.208 e. The van der Waals surface area contributed by atoms with Gasteiger partial charge in [-0.3, -0.25) is 9.08 Å². The number of aryl methyl sites for hydroxylation is 2. The number of fused-ring (bicyclic) bond motifs is 2. The van der Waals surface area contributed by atoms with Gasteiger partial charge in [0.05, 0.1) is 23.6 Å². The summed E-state index contributed by atoms with van der Waals surface area (Å²) in [5.41, 5.74) is 5.08. The Kier molecular flexibility index (Phi) is 3.78. The van der Waals surface area contributed by atoms with E-state index >= 15 is 0 Å². The van der Waals surface area contributed by atoms with Crippen LogP contribution in [0.15, 0.2) is 36.8 Å². The fourth-order valence-electron chi connectivity index (χ4n) is 3.77. The van der Waals surface area contributed by atoms with E-state index in [1.807, 2.05) is 35.3 Å². The Morgan fingerprint density at radius 3 is 3.00 bits per heavy atom. The van der Waals surface area contributed by atoms with Gasteiger partial charge in [-0.15, -0.1) is 0 Å². The second-order valence-electron chi connectivity index (χ2n) is 6.87. The highest BCUT2D eigenvalue weighted by Crippen LogP contribution is 2.31. The summed E-state index contributed by atoms with van der Waals surface area (Å²) < 4.78 is 23.6. The first-order chi connectivity index (χ1) is 13.6. The number of benzene rings is 1. The van der Waals surface area contributed by atoms with E-state index in [0.29, 0.717) is 24.7 Å². The molecule has 8 heteroatoms. The van der Waals surface area contributed by atoms with Crippen molar-refractivity contribution >= 4 is 11.6 Å². The van der Waals surface area contributed by atoms with Crippen LogP contribution in [0.1, 0.15) is 16.8 Å². The molecule has 5 rings (SSSR count). The third-order valence-corrected chi connectivity index (χ3v) is 5.07. The fourth-order valence-corrected chi connectivity index (χ4v) is 3.77. The molecule has 0 radical (unpaired) electrons. The molecule has 0 atom stereocenters. The number of rotatable bonds is 4. The number of imidazole rings is 1. The lowest BCUT2D eigenvalue weighted by Crippen LogP contribution is -2.10. The Labute approximate surface area is 160 Å². The van der Waals surface area contributed by atoms with Gasteiger partial charge in [-0.05, 0) is 25.1 Å². The number of aromatic nitrogens is 5. The second kappa shape index (κ2) is 6.33. The molecular weight excluding hydrogens is 359 g/mol. The van der Waals surface area contributed by atoms with Crippen LogP contribution in [0.25, 0.3) is 16.9 Å². The van der Waals surface area contributed by atoms with E-state index in [2.05, 4.69) is 20.4 Å². The maximum atomic E-state index is 14.4. The minimum absolute atomic E-state index is 0.236. The van der Waals surface area contributed by atoms with E-state index in [9.17, 15) is 4.39 Å². The quantitative estimate of drug-likeness (QED) is 0.591. The number of nitrogens with zero attached hydrogens (tertiary/aromatic N) is 5. The monoisotopic (exact) mass is 378 g/mol. The highest BCUT2D eigenvalue weighted by atomic mass is 19.1. The first-order valence-corrected chi connectivity index (χ1v) is 9.12. The third-order valence-electron chi connectivity index (χ3n) is 5.07. The molecule has 4 aromatic rings. The van der Waals surface area contributed by atoms with Crippen LogP contribution in [0.3, 0.4) is 0 Å². The van der Waals surface area contributed by atoms with E-state index < -0.39 is 0 Å². The van der Waals surface area contributed by atoms with Crippen LogP contribution < -0.4 is 10.1 Å². The van der Waals surface area contributed by atoms with Crippen LogP contribution in [0.5, 0.6) is 5.75 Å². The average Bonchev–Trinajstić information content (AvgIpc) is 3.40. The molecule has 1 aliphatic heterocycles. The largest absolute Gasteiger partial charge is 0.493 e. The molecule has 1 aliphatic rings. The van der Waals surface area contributed by atoms with Gasteiger partial charge in [0.15, 0.2) is 5.65 Å². The minimum atomic E-state index is -0.236. The van der Waals surface area contributed by atoms with Crippen molar-refractivity contribution in [1.29, 1.82) is 0 Å². The summed E-state index contributed by atoms with van der Waals surface area (Å²) in [7, 11) is 1.90. The van der Waals surface area contributed by atoms with Crippen LogP contribution in [0.2, 0.25) is 0 Å². The zero-order valence-corrected chi connectivity index (χ0v) is 15.6. The molecule has 3 aromatic heterocycles. The van der Waals surface area contributed by atoms with Gasteiger partial charge in [-0.1, -0.05) is 0 Å². The minimum Gasteiger partial charge on any atom is -0.493 e. The van der Waals surface area contributed by atoms with Gasteiger partial charge >= 0.3 is 0 Å². The number of halogens is 1. The van der Waals surface area contributed by atoms with Crippen molar-refractivity contribution in [2.24, 2.45) is 7.05 Å². The molecule has 0 bridgehead atoms. The van der Waals surface area contributed by atoms with Crippen LogP contribution in [0, 0.1) is 12.7 Å². The first-order valence-electron chi connectivity index (χ1n) is 9.12. The molecule has 4 heterocycles. The lowest BCUT2D eigenvalue weighted by Gasteiger charge is -2.13. The Hall–Kier alpha value is -3.42. The maximum absolute atomic E-state index is 14.4. The molecule has 0 amide bonds. The predicted octanol–water partition coefficient (Wildman–Crippen LogP) is 3.12. The van der Waals surface area contributed by atoms with Crippen molar-refractivity contribution in [1.82, 2.24) is 24.1 Å². The standard InChI is InChI=1S/C20H19FN6O/c1-12-9-17(26(2)25-12)15-11-24-20(27-7-6-22-19(15)27)23-10-14-13-5-8-28-18(13)4-3-16(14)21/h3-4,6-7,9,11H,5,8,10H2,1-2H3,(H,23,24). The zero-order valence-electron chi connectivity index (χ0n) is 15.6. The maximum Gasteiger partial charge on any atom is 0.208 e. The summed E-state index contributed by atoms with van der Waals surface area (Å²) in [5, 5.41) is 7.66. The Balaban J connectivity index is 1.50. The molecule has 0 saturated heterocycles. The van der Waals surface area contributed by atoms with Crippen molar-refractivity contribution in [3.8, 4) is 17.0 Å². The van der Waals surface area contributed by atoms with Crippen LogP contribution in [-0.4, -0.2) is 30.8 Å².